The van der Waals surface area contributed by atoms with E-state index in [-0.39, 0.29) is 24.2 Å². The van der Waals surface area contributed by atoms with E-state index < -0.39 is 12.0 Å². The number of carboxylic acids is 1. The number of nitrogens with zero attached hydrogens (tertiary/aromatic N) is 2. The van der Waals surface area contributed by atoms with E-state index in [2.05, 4.69) is 0 Å². The highest BCUT2D eigenvalue weighted by molar-refractivity contribution is 5.88. The van der Waals surface area contributed by atoms with Crippen molar-refractivity contribution in [3.63, 3.8) is 0 Å². The van der Waals surface area contributed by atoms with E-state index in [9.17, 15) is 19.1 Å². The number of carboxylic acid groups (broad SMARTS) is 1. The molecule has 0 fully saturated rings. The number of fused-ring (bicyclic) bond motifs is 3. The highest BCUT2D eigenvalue weighted by Crippen LogP contribution is 2.37. The summed E-state index contributed by atoms with van der Waals surface area (Å²) in [6.45, 7) is 1.84. The Bertz CT molecular complexity index is 1200. The molecule has 0 spiro atoms. The van der Waals surface area contributed by atoms with Gasteiger partial charge in [0.15, 0.2) is 0 Å². The van der Waals surface area contributed by atoms with Gasteiger partial charge in [-0.05, 0) is 55.5 Å². The molecule has 0 saturated heterocycles. The van der Waals surface area contributed by atoms with Gasteiger partial charge in [0, 0.05) is 35.2 Å². The van der Waals surface area contributed by atoms with Crippen LogP contribution in [-0.4, -0.2) is 46.6 Å². The molecule has 0 radical (unpaired) electrons. The maximum Gasteiger partial charge on any atom is 0.326 e. The number of ether oxygens (including phenoxy) is 1. The number of hydrogen-bond acceptors (Lipinski definition) is 3. The summed E-state index contributed by atoms with van der Waals surface area (Å²) < 4.78 is 21.4. The fraction of sp³-hybridized carbons (Fsp3) is 0.385. The molecule has 174 valence electrons. The van der Waals surface area contributed by atoms with Crippen molar-refractivity contribution < 1.29 is 23.8 Å². The number of methoxy groups -OCH3 is 1. The average molecular weight is 453 g/mol. The Morgan fingerprint density at radius 3 is 2.73 bits per heavy atom. The zero-order valence-corrected chi connectivity index (χ0v) is 19.2. The first-order valence-electron chi connectivity index (χ1n) is 11.3. The second kappa shape index (κ2) is 9.25. The SMILES string of the molecule is CCC(C(=O)O)n1c2c(c3cc(F)ccc31)C[C@@H](N(C)C(=O)Cc1ccccc1OC)CC2. The molecule has 1 aliphatic carbocycles. The molecular formula is C26H29FN2O4. The summed E-state index contributed by atoms with van der Waals surface area (Å²) in [5, 5.41) is 10.5. The zero-order valence-electron chi connectivity index (χ0n) is 19.2. The summed E-state index contributed by atoms with van der Waals surface area (Å²) in [4.78, 5) is 26.8. The summed E-state index contributed by atoms with van der Waals surface area (Å²) in [5.41, 5.74) is 3.45. The third-order valence-electron chi connectivity index (χ3n) is 6.80. The van der Waals surface area contributed by atoms with E-state index in [1.165, 1.54) is 12.1 Å². The molecule has 0 bridgehead atoms. The van der Waals surface area contributed by atoms with Crippen LogP contribution in [0.2, 0.25) is 0 Å². The number of aromatic nitrogens is 1. The normalized spacial score (nSPS) is 16.3. The van der Waals surface area contributed by atoms with E-state index in [0.29, 0.717) is 25.0 Å². The van der Waals surface area contributed by atoms with Crippen LogP contribution in [0.4, 0.5) is 4.39 Å². The van der Waals surface area contributed by atoms with Crippen molar-refractivity contribution in [3.05, 3.63) is 65.1 Å². The molecule has 0 aliphatic heterocycles. The maximum absolute atomic E-state index is 14.2. The Hall–Kier alpha value is -3.35. The molecule has 1 unspecified atom stereocenters. The summed E-state index contributed by atoms with van der Waals surface area (Å²) in [5.74, 6) is -0.579. The highest BCUT2D eigenvalue weighted by Gasteiger charge is 2.32. The van der Waals surface area contributed by atoms with Crippen molar-refractivity contribution in [2.75, 3.05) is 14.2 Å². The number of likely N-dealkylation sites (N-methyl/N-ethyl adjacent to an activating group) is 1. The average Bonchev–Trinajstić information content (AvgIpc) is 3.12. The van der Waals surface area contributed by atoms with Crippen LogP contribution >= 0.6 is 0 Å². The van der Waals surface area contributed by atoms with Crippen LogP contribution in [0.15, 0.2) is 42.5 Å². The Morgan fingerprint density at radius 1 is 1.27 bits per heavy atom. The van der Waals surface area contributed by atoms with Crippen LogP contribution in [0.3, 0.4) is 0 Å². The predicted octanol–water partition coefficient (Wildman–Crippen LogP) is 4.38. The summed E-state index contributed by atoms with van der Waals surface area (Å²) in [6.07, 6.45) is 2.58. The molecule has 33 heavy (non-hydrogen) atoms. The quantitative estimate of drug-likeness (QED) is 0.577. The van der Waals surface area contributed by atoms with Crippen LogP contribution in [0.25, 0.3) is 10.9 Å². The van der Waals surface area contributed by atoms with E-state index >= 15 is 0 Å². The first-order chi connectivity index (χ1) is 15.8. The Morgan fingerprint density at radius 2 is 2.03 bits per heavy atom. The summed E-state index contributed by atoms with van der Waals surface area (Å²) in [7, 11) is 3.39. The van der Waals surface area contributed by atoms with Gasteiger partial charge in [-0.2, -0.15) is 0 Å². The van der Waals surface area contributed by atoms with Crippen molar-refractivity contribution in [2.24, 2.45) is 0 Å². The highest BCUT2D eigenvalue weighted by atomic mass is 19.1. The number of hydrogen-bond donors (Lipinski definition) is 1. The molecule has 1 N–H and O–H groups in total. The van der Waals surface area contributed by atoms with Crippen molar-refractivity contribution in [2.45, 2.75) is 51.1 Å². The van der Waals surface area contributed by atoms with Gasteiger partial charge in [-0.25, -0.2) is 9.18 Å². The van der Waals surface area contributed by atoms with Crippen molar-refractivity contribution in [1.82, 2.24) is 9.47 Å². The topological polar surface area (TPSA) is 71.8 Å². The minimum atomic E-state index is -0.896. The largest absolute Gasteiger partial charge is 0.496 e. The molecule has 2 atom stereocenters. The lowest BCUT2D eigenvalue weighted by atomic mass is 9.90. The Labute approximate surface area is 192 Å². The van der Waals surface area contributed by atoms with Gasteiger partial charge in [0.05, 0.1) is 13.5 Å². The van der Waals surface area contributed by atoms with Gasteiger partial charge in [-0.3, -0.25) is 4.79 Å². The molecular weight excluding hydrogens is 423 g/mol. The lowest BCUT2D eigenvalue weighted by Crippen LogP contribution is -2.41. The van der Waals surface area contributed by atoms with Crippen molar-refractivity contribution in [3.8, 4) is 5.75 Å². The van der Waals surface area contributed by atoms with E-state index in [1.807, 2.05) is 35.8 Å². The number of carbonyl (C=O) groups is 2. The first-order valence-corrected chi connectivity index (χ1v) is 11.3. The molecule has 3 aromatic rings. The number of aliphatic carboxylic acids is 1. The van der Waals surface area contributed by atoms with Crippen LogP contribution < -0.4 is 4.74 Å². The van der Waals surface area contributed by atoms with Gasteiger partial charge in [0.2, 0.25) is 5.91 Å². The fourth-order valence-corrected chi connectivity index (χ4v) is 5.04. The number of carbonyl (C=O) groups excluding carboxylic acids is 1. The van der Waals surface area contributed by atoms with E-state index in [4.69, 9.17) is 4.74 Å². The molecule has 1 heterocycles. The minimum absolute atomic E-state index is 0.0140. The zero-order chi connectivity index (χ0) is 23.7. The number of benzene rings is 2. The van der Waals surface area contributed by atoms with Gasteiger partial charge in [0.1, 0.15) is 17.6 Å². The lowest BCUT2D eigenvalue weighted by Gasteiger charge is -2.33. The molecule has 2 aromatic carbocycles. The number of para-hydroxylation sites is 1. The van der Waals surface area contributed by atoms with E-state index in [0.717, 1.165) is 34.1 Å². The van der Waals surface area contributed by atoms with Gasteiger partial charge >= 0.3 is 5.97 Å². The maximum atomic E-state index is 14.2. The molecule has 4 rings (SSSR count). The molecule has 7 heteroatoms. The lowest BCUT2D eigenvalue weighted by molar-refractivity contribution is -0.141. The minimum Gasteiger partial charge on any atom is -0.496 e. The van der Waals surface area contributed by atoms with Crippen LogP contribution in [0.5, 0.6) is 5.75 Å². The molecule has 0 saturated carbocycles. The van der Waals surface area contributed by atoms with Gasteiger partial charge in [-0.1, -0.05) is 25.1 Å². The molecule has 6 nitrogen and oxygen atoms in total. The molecule has 1 amide bonds. The summed E-state index contributed by atoms with van der Waals surface area (Å²) in [6, 6.07) is 11.2. The van der Waals surface area contributed by atoms with Gasteiger partial charge < -0.3 is 19.3 Å². The fourth-order valence-electron chi connectivity index (χ4n) is 5.04. The third-order valence-corrected chi connectivity index (χ3v) is 6.80. The smallest absolute Gasteiger partial charge is 0.326 e. The van der Waals surface area contributed by atoms with Crippen LogP contribution in [0.1, 0.15) is 42.6 Å². The monoisotopic (exact) mass is 452 g/mol. The Kier molecular flexibility index (Phi) is 6.40. The molecule has 1 aromatic heterocycles. The van der Waals surface area contributed by atoms with Crippen LogP contribution in [0, 0.1) is 5.82 Å². The van der Waals surface area contributed by atoms with E-state index in [1.54, 1.807) is 25.1 Å². The molecule has 1 aliphatic rings. The Balaban J connectivity index is 1.65. The summed E-state index contributed by atoms with van der Waals surface area (Å²) >= 11 is 0. The van der Waals surface area contributed by atoms with Crippen molar-refractivity contribution in [1.29, 1.82) is 0 Å². The van der Waals surface area contributed by atoms with Crippen molar-refractivity contribution >= 4 is 22.8 Å². The first kappa shape index (κ1) is 22.8. The number of halogens is 1. The predicted molar refractivity (Wildman–Crippen MR) is 124 cm³/mol. The van der Waals surface area contributed by atoms with Crippen LogP contribution in [-0.2, 0) is 28.9 Å². The standard InChI is InChI=1S/C26H29FN2O4/c1-4-21(26(31)32)29-22-11-9-17(27)14-19(22)20-15-18(10-12-23(20)29)28(2)25(30)13-16-7-5-6-8-24(16)33-3/h5-9,11,14,18,21H,4,10,12-13,15H2,1-3H3,(H,31,32)/t18-,21?/m0/s1. The van der Waals surface area contributed by atoms with Gasteiger partial charge in [-0.15, -0.1) is 0 Å². The third kappa shape index (κ3) is 4.19. The van der Waals surface area contributed by atoms with Gasteiger partial charge in [0.25, 0.3) is 0 Å². The number of amides is 1. The number of rotatable bonds is 7. The second-order valence-electron chi connectivity index (χ2n) is 8.61. The second-order valence-corrected chi connectivity index (χ2v) is 8.61.